The zero-order valence-electron chi connectivity index (χ0n) is 6.87. The van der Waals surface area contributed by atoms with Crippen LogP contribution in [0.5, 0.6) is 0 Å². The average Bonchev–Trinajstić information content (AvgIpc) is 2.42. The maximum absolute atomic E-state index is 4.25. The molecule has 0 amide bonds. The van der Waals surface area contributed by atoms with Crippen LogP contribution in [0.25, 0.3) is 11.0 Å². The molecule has 2 aromatic heterocycles. The first-order chi connectivity index (χ1) is 5.70. The molecule has 0 fully saturated rings. The lowest BCUT2D eigenvalue weighted by molar-refractivity contribution is 0.938. The molecule has 0 bridgehead atoms. The molecule has 0 aliphatic carbocycles. The van der Waals surface area contributed by atoms with Gasteiger partial charge in [-0.1, -0.05) is 0 Å². The summed E-state index contributed by atoms with van der Waals surface area (Å²) in [5, 5.41) is 0. The second kappa shape index (κ2) is 2.55. The van der Waals surface area contributed by atoms with Gasteiger partial charge in [-0.05, 0) is 22.9 Å². The van der Waals surface area contributed by atoms with Crippen molar-refractivity contribution in [2.45, 2.75) is 6.92 Å². The molecule has 0 saturated carbocycles. The second-order valence-corrected chi connectivity index (χ2v) is 3.60. The molecule has 0 N–H and O–H groups in total. The summed E-state index contributed by atoms with van der Waals surface area (Å²) >= 11 is 3.41. The molecule has 62 valence electrons. The SMILES string of the molecule is Cc1ncc(Br)c2ncn(C)c12. The van der Waals surface area contributed by atoms with Crippen molar-refractivity contribution < 1.29 is 0 Å². The van der Waals surface area contributed by atoms with Crippen molar-refractivity contribution in [3.05, 3.63) is 22.7 Å². The second-order valence-electron chi connectivity index (χ2n) is 2.74. The van der Waals surface area contributed by atoms with E-state index in [9.17, 15) is 0 Å². The van der Waals surface area contributed by atoms with Crippen molar-refractivity contribution in [1.29, 1.82) is 0 Å². The minimum Gasteiger partial charge on any atom is -0.332 e. The van der Waals surface area contributed by atoms with E-state index in [0.29, 0.717) is 0 Å². The van der Waals surface area contributed by atoms with E-state index in [2.05, 4.69) is 25.9 Å². The summed E-state index contributed by atoms with van der Waals surface area (Å²) in [5.74, 6) is 0. The van der Waals surface area contributed by atoms with Crippen LogP contribution in [0.1, 0.15) is 5.69 Å². The fourth-order valence-corrected chi connectivity index (χ4v) is 1.70. The van der Waals surface area contributed by atoms with Crippen LogP contribution in [0, 0.1) is 6.92 Å². The van der Waals surface area contributed by atoms with Crippen LogP contribution in [0.2, 0.25) is 0 Å². The van der Waals surface area contributed by atoms with E-state index in [0.717, 1.165) is 21.2 Å². The Hall–Kier alpha value is -0.900. The van der Waals surface area contributed by atoms with Crippen LogP contribution < -0.4 is 0 Å². The number of nitrogens with zero attached hydrogens (tertiary/aromatic N) is 3. The van der Waals surface area contributed by atoms with Gasteiger partial charge in [0.1, 0.15) is 5.52 Å². The highest BCUT2D eigenvalue weighted by Crippen LogP contribution is 2.22. The third-order valence-electron chi connectivity index (χ3n) is 1.88. The smallest absolute Gasteiger partial charge is 0.106 e. The lowest BCUT2D eigenvalue weighted by atomic mass is 10.3. The van der Waals surface area contributed by atoms with Gasteiger partial charge < -0.3 is 4.57 Å². The largest absolute Gasteiger partial charge is 0.332 e. The molecule has 0 aromatic carbocycles. The molecular weight excluding hydrogens is 218 g/mol. The molecule has 0 spiro atoms. The highest BCUT2D eigenvalue weighted by Gasteiger charge is 2.06. The number of rotatable bonds is 0. The van der Waals surface area contributed by atoms with Gasteiger partial charge in [0.2, 0.25) is 0 Å². The molecule has 0 atom stereocenters. The van der Waals surface area contributed by atoms with Crippen molar-refractivity contribution in [1.82, 2.24) is 14.5 Å². The zero-order valence-corrected chi connectivity index (χ0v) is 8.46. The van der Waals surface area contributed by atoms with Gasteiger partial charge in [0.25, 0.3) is 0 Å². The first kappa shape index (κ1) is 7.73. The van der Waals surface area contributed by atoms with E-state index in [-0.39, 0.29) is 0 Å². The first-order valence-corrected chi connectivity index (χ1v) is 4.41. The van der Waals surface area contributed by atoms with Gasteiger partial charge in [-0.2, -0.15) is 0 Å². The molecular formula is C8H8BrN3. The van der Waals surface area contributed by atoms with Crippen LogP contribution in [0.4, 0.5) is 0 Å². The number of imidazole rings is 1. The number of aromatic nitrogens is 3. The predicted octanol–water partition coefficient (Wildman–Crippen LogP) is 2.04. The minimum atomic E-state index is 0.948. The van der Waals surface area contributed by atoms with Crippen LogP contribution >= 0.6 is 15.9 Å². The number of aryl methyl sites for hydroxylation is 2. The summed E-state index contributed by atoms with van der Waals surface area (Å²) in [5.41, 5.74) is 3.07. The van der Waals surface area contributed by atoms with Gasteiger partial charge in [-0.25, -0.2) is 4.98 Å². The number of halogens is 1. The Balaban J connectivity index is 2.98. The van der Waals surface area contributed by atoms with E-state index in [4.69, 9.17) is 0 Å². The quantitative estimate of drug-likeness (QED) is 0.688. The van der Waals surface area contributed by atoms with Crippen LogP contribution in [-0.4, -0.2) is 14.5 Å². The van der Waals surface area contributed by atoms with Crippen molar-refractivity contribution in [3.8, 4) is 0 Å². The third-order valence-corrected chi connectivity index (χ3v) is 2.46. The zero-order chi connectivity index (χ0) is 8.72. The number of fused-ring (bicyclic) bond motifs is 1. The predicted molar refractivity (Wildman–Crippen MR) is 50.9 cm³/mol. The Kier molecular flexibility index (Phi) is 1.65. The Morgan fingerprint density at radius 1 is 1.42 bits per heavy atom. The number of pyridine rings is 1. The van der Waals surface area contributed by atoms with Crippen molar-refractivity contribution >= 4 is 27.0 Å². The molecule has 12 heavy (non-hydrogen) atoms. The standard InChI is InChI=1S/C8H8BrN3/c1-5-8-7(6(9)3-10-5)11-4-12(8)2/h3-4H,1-2H3. The highest BCUT2D eigenvalue weighted by atomic mass is 79.9. The van der Waals surface area contributed by atoms with Crippen LogP contribution in [0.15, 0.2) is 17.0 Å². The van der Waals surface area contributed by atoms with Crippen LogP contribution in [0.3, 0.4) is 0 Å². The molecule has 0 aliphatic heterocycles. The van der Waals surface area contributed by atoms with Crippen LogP contribution in [-0.2, 0) is 7.05 Å². The van der Waals surface area contributed by atoms with Crippen molar-refractivity contribution in [2.75, 3.05) is 0 Å². The summed E-state index contributed by atoms with van der Waals surface area (Å²) in [6.07, 6.45) is 3.58. The topological polar surface area (TPSA) is 30.7 Å². The van der Waals surface area contributed by atoms with Crippen molar-refractivity contribution in [2.24, 2.45) is 7.05 Å². The van der Waals surface area contributed by atoms with E-state index in [1.165, 1.54) is 0 Å². The summed E-state index contributed by atoms with van der Waals surface area (Å²) < 4.78 is 2.92. The lowest BCUT2D eigenvalue weighted by Gasteiger charge is -1.98. The van der Waals surface area contributed by atoms with E-state index < -0.39 is 0 Å². The fourth-order valence-electron chi connectivity index (χ4n) is 1.31. The highest BCUT2D eigenvalue weighted by molar-refractivity contribution is 9.10. The molecule has 0 saturated heterocycles. The van der Waals surface area contributed by atoms with E-state index >= 15 is 0 Å². The third kappa shape index (κ3) is 0.948. The lowest BCUT2D eigenvalue weighted by Crippen LogP contribution is -1.90. The van der Waals surface area contributed by atoms with Gasteiger partial charge in [0.15, 0.2) is 0 Å². The number of hydrogen-bond acceptors (Lipinski definition) is 2. The summed E-state index contributed by atoms with van der Waals surface area (Å²) in [6, 6.07) is 0. The Bertz CT molecular complexity index is 433. The first-order valence-electron chi connectivity index (χ1n) is 3.62. The minimum absolute atomic E-state index is 0.948. The molecule has 4 heteroatoms. The molecule has 2 heterocycles. The summed E-state index contributed by atoms with van der Waals surface area (Å²) in [6.45, 7) is 1.98. The monoisotopic (exact) mass is 225 g/mol. The van der Waals surface area contributed by atoms with E-state index in [1.807, 2.05) is 18.5 Å². The molecule has 0 aliphatic rings. The van der Waals surface area contributed by atoms with Gasteiger partial charge in [0.05, 0.1) is 22.0 Å². The van der Waals surface area contributed by atoms with Gasteiger partial charge in [-0.15, -0.1) is 0 Å². The van der Waals surface area contributed by atoms with Gasteiger partial charge >= 0.3 is 0 Å². The fraction of sp³-hybridized carbons (Fsp3) is 0.250. The molecule has 0 unspecified atom stereocenters. The molecule has 2 rings (SSSR count). The average molecular weight is 226 g/mol. The summed E-state index contributed by atoms with van der Waals surface area (Å²) in [4.78, 5) is 8.49. The normalized spacial score (nSPS) is 10.9. The molecule has 3 nitrogen and oxygen atoms in total. The molecule has 0 radical (unpaired) electrons. The van der Waals surface area contributed by atoms with Gasteiger partial charge in [0, 0.05) is 13.2 Å². The Morgan fingerprint density at radius 3 is 2.83 bits per heavy atom. The maximum atomic E-state index is 4.25. The number of hydrogen-bond donors (Lipinski definition) is 0. The Morgan fingerprint density at radius 2 is 2.17 bits per heavy atom. The van der Waals surface area contributed by atoms with E-state index in [1.54, 1.807) is 12.5 Å². The molecule has 2 aromatic rings. The van der Waals surface area contributed by atoms with Crippen molar-refractivity contribution in [3.63, 3.8) is 0 Å². The van der Waals surface area contributed by atoms with Gasteiger partial charge in [-0.3, -0.25) is 4.98 Å². The summed E-state index contributed by atoms with van der Waals surface area (Å²) in [7, 11) is 1.97. The maximum Gasteiger partial charge on any atom is 0.106 e. The Labute approximate surface area is 78.6 Å².